The molecule has 8 heteroatoms. The number of halogens is 2. The average molecular weight is 468 g/mol. The number of benzene rings is 2. The van der Waals surface area contributed by atoms with E-state index in [1.54, 1.807) is 30.5 Å². The van der Waals surface area contributed by atoms with Crippen LogP contribution in [-0.2, 0) is 11.2 Å². The highest BCUT2D eigenvalue weighted by Crippen LogP contribution is 2.33. The zero-order chi connectivity index (χ0) is 22.5. The summed E-state index contributed by atoms with van der Waals surface area (Å²) >= 11 is 12.0. The molecule has 2 aromatic carbocycles. The number of rotatable bonds is 7. The molecule has 0 aliphatic carbocycles. The third-order valence-electron chi connectivity index (χ3n) is 4.60. The van der Waals surface area contributed by atoms with E-state index in [2.05, 4.69) is 15.3 Å². The minimum absolute atomic E-state index is 0.196. The second kappa shape index (κ2) is 9.85. The van der Waals surface area contributed by atoms with Crippen LogP contribution in [0.4, 0.5) is 5.69 Å². The van der Waals surface area contributed by atoms with E-state index in [1.165, 1.54) is 17.8 Å². The van der Waals surface area contributed by atoms with Crippen LogP contribution in [-0.4, -0.2) is 15.9 Å². The molecule has 2 aromatic heterocycles. The van der Waals surface area contributed by atoms with Crippen molar-refractivity contribution in [3.8, 4) is 23.0 Å². The Hall–Kier alpha value is -3.35. The molecule has 0 atom stereocenters. The number of aromatic nitrogens is 2. The van der Waals surface area contributed by atoms with Gasteiger partial charge in [-0.2, -0.15) is 0 Å². The number of carbonyl (C=O) groups excluding carboxylic acids is 1. The number of oxazole rings is 1. The summed E-state index contributed by atoms with van der Waals surface area (Å²) in [5.41, 5.74) is 2.61. The van der Waals surface area contributed by atoms with Crippen molar-refractivity contribution in [3.63, 3.8) is 0 Å². The maximum atomic E-state index is 12.5. The summed E-state index contributed by atoms with van der Waals surface area (Å²) in [4.78, 5) is 20.9. The van der Waals surface area contributed by atoms with Crippen molar-refractivity contribution in [2.45, 2.75) is 19.8 Å². The molecule has 32 heavy (non-hydrogen) atoms. The highest BCUT2D eigenvalue weighted by molar-refractivity contribution is 6.35. The third kappa shape index (κ3) is 5.46. The molecule has 0 aliphatic rings. The maximum Gasteiger partial charge on any atom is 0.238 e. The van der Waals surface area contributed by atoms with Crippen LogP contribution < -0.4 is 10.1 Å². The van der Waals surface area contributed by atoms with Crippen molar-refractivity contribution in [2.75, 3.05) is 5.32 Å². The second-order valence-corrected chi connectivity index (χ2v) is 7.91. The van der Waals surface area contributed by atoms with E-state index >= 15 is 0 Å². The molecular weight excluding hydrogens is 449 g/mol. The van der Waals surface area contributed by atoms with Crippen molar-refractivity contribution in [3.05, 3.63) is 88.5 Å². The van der Waals surface area contributed by atoms with Crippen molar-refractivity contribution in [2.24, 2.45) is 0 Å². The number of ether oxygens (including phenoxy) is 1. The van der Waals surface area contributed by atoms with Gasteiger partial charge in [0.1, 0.15) is 5.02 Å². The number of nitrogens with zero attached hydrogens (tertiary/aromatic N) is 2. The SMILES string of the molecule is Cc1ccc(-c2cnc(CCC(=O)Nc3ccccc3Oc3ncc(Cl)cc3Cl)o2)cc1. The number of anilines is 1. The number of carbonyl (C=O) groups is 1. The number of hydrogen-bond acceptors (Lipinski definition) is 5. The Morgan fingerprint density at radius 2 is 1.84 bits per heavy atom. The van der Waals surface area contributed by atoms with Crippen LogP contribution in [0.3, 0.4) is 0 Å². The zero-order valence-corrected chi connectivity index (χ0v) is 18.7. The van der Waals surface area contributed by atoms with Gasteiger partial charge < -0.3 is 14.5 Å². The van der Waals surface area contributed by atoms with Gasteiger partial charge in [0, 0.05) is 24.6 Å². The quantitative estimate of drug-likeness (QED) is 0.326. The van der Waals surface area contributed by atoms with Crippen LogP contribution >= 0.6 is 23.2 Å². The Bertz CT molecular complexity index is 1240. The number of para-hydroxylation sites is 2. The summed E-state index contributed by atoms with van der Waals surface area (Å²) in [6, 6.07) is 16.5. The third-order valence-corrected chi connectivity index (χ3v) is 5.07. The van der Waals surface area contributed by atoms with Gasteiger partial charge in [0.25, 0.3) is 0 Å². The minimum atomic E-state index is -0.203. The zero-order valence-electron chi connectivity index (χ0n) is 17.1. The Balaban J connectivity index is 1.38. The second-order valence-electron chi connectivity index (χ2n) is 7.07. The van der Waals surface area contributed by atoms with E-state index < -0.39 is 0 Å². The van der Waals surface area contributed by atoms with Gasteiger partial charge >= 0.3 is 0 Å². The summed E-state index contributed by atoms with van der Waals surface area (Å²) in [5.74, 6) is 1.58. The molecule has 2 heterocycles. The predicted molar refractivity (Wildman–Crippen MR) is 124 cm³/mol. The van der Waals surface area contributed by atoms with E-state index in [1.807, 2.05) is 31.2 Å². The topological polar surface area (TPSA) is 77.2 Å². The minimum Gasteiger partial charge on any atom is -0.441 e. The van der Waals surface area contributed by atoms with Crippen LogP contribution in [0, 0.1) is 6.92 Å². The number of pyridine rings is 1. The van der Waals surface area contributed by atoms with Crippen LogP contribution in [0.15, 0.2) is 71.4 Å². The predicted octanol–water partition coefficient (Wildman–Crippen LogP) is 6.72. The molecule has 0 saturated heterocycles. The Morgan fingerprint density at radius 3 is 2.62 bits per heavy atom. The summed E-state index contributed by atoms with van der Waals surface area (Å²) in [5, 5.41) is 3.52. The molecule has 0 radical (unpaired) electrons. The average Bonchev–Trinajstić information content (AvgIpc) is 3.25. The lowest BCUT2D eigenvalue weighted by molar-refractivity contribution is -0.116. The van der Waals surface area contributed by atoms with Gasteiger partial charge in [-0.15, -0.1) is 0 Å². The highest BCUT2D eigenvalue weighted by atomic mass is 35.5. The Morgan fingerprint density at radius 1 is 1.06 bits per heavy atom. The largest absolute Gasteiger partial charge is 0.441 e. The van der Waals surface area contributed by atoms with Crippen molar-refractivity contribution in [1.82, 2.24) is 9.97 Å². The fraction of sp³-hybridized carbons (Fsp3) is 0.125. The van der Waals surface area contributed by atoms with E-state index in [4.69, 9.17) is 32.4 Å². The Kier molecular flexibility index (Phi) is 6.73. The molecule has 0 spiro atoms. The fourth-order valence-corrected chi connectivity index (χ4v) is 3.37. The summed E-state index contributed by atoms with van der Waals surface area (Å²) in [6.07, 6.45) is 3.67. The summed E-state index contributed by atoms with van der Waals surface area (Å²) < 4.78 is 11.6. The molecule has 1 N–H and O–H groups in total. The number of amides is 1. The molecule has 1 amide bonds. The van der Waals surface area contributed by atoms with Gasteiger partial charge in [0.15, 0.2) is 17.4 Å². The first-order valence-electron chi connectivity index (χ1n) is 9.87. The van der Waals surface area contributed by atoms with Gasteiger partial charge in [-0.1, -0.05) is 65.2 Å². The van der Waals surface area contributed by atoms with Crippen LogP contribution in [0.5, 0.6) is 11.6 Å². The van der Waals surface area contributed by atoms with E-state index in [0.717, 1.165) is 5.56 Å². The molecular formula is C24H19Cl2N3O3. The van der Waals surface area contributed by atoms with Gasteiger partial charge in [-0.05, 0) is 25.1 Å². The lowest BCUT2D eigenvalue weighted by atomic mass is 10.1. The molecule has 0 bridgehead atoms. The lowest BCUT2D eigenvalue weighted by Gasteiger charge is -2.12. The first-order valence-corrected chi connectivity index (χ1v) is 10.6. The molecule has 4 rings (SSSR count). The lowest BCUT2D eigenvalue weighted by Crippen LogP contribution is -2.13. The molecule has 4 aromatic rings. The van der Waals surface area contributed by atoms with Crippen LogP contribution in [0.25, 0.3) is 11.3 Å². The van der Waals surface area contributed by atoms with Gasteiger partial charge in [-0.3, -0.25) is 4.79 Å². The first kappa shape index (κ1) is 21.9. The van der Waals surface area contributed by atoms with E-state index in [-0.39, 0.29) is 23.2 Å². The van der Waals surface area contributed by atoms with Crippen LogP contribution in [0.1, 0.15) is 17.9 Å². The normalized spacial score (nSPS) is 10.7. The van der Waals surface area contributed by atoms with Crippen molar-refractivity contribution >= 4 is 34.8 Å². The fourth-order valence-electron chi connectivity index (χ4n) is 2.95. The van der Waals surface area contributed by atoms with Crippen molar-refractivity contribution in [1.29, 1.82) is 0 Å². The molecule has 6 nitrogen and oxygen atoms in total. The molecule has 0 aliphatic heterocycles. The van der Waals surface area contributed by atoms with Gasteiger partial charge in [0.2, 0.25) is 11.8 Å². The number of aryl methyl sites for hydroxylation is 2. The number of nitrogens with one attached hydrogen (secondary N) is 1. The monoisotopic (exact) mass is 467 g/mol. The van der Waals surface area contributed by atoms with E-state index in [9.17, 15) is 4.79 Å². The van der Waals surface area contributed by atoms with Crippen molar-refractivity contribution < 1.29 is 13.9 Å². The standard InChI is InChI=1S/C24H19Cl2N3O3/c1-15-6-8-16(9-7-15)21-14-27-23(31-21)11-10-22(30)29-19-4-2-3-5-20(19)32-24-18(26)12-17(25)13-28-24/h2-9,12-14H,10-11H2,1H3,(H,29,30). The molecule has 162 valence electrons. The molecule has 0 unspecified atom stereocenters. The first-order chi connectivity index (χ1) is 15.5. The number of hydrogen-bond donors (Lipinski definition) is 1. The van der Waals surface area contributed by atoms with Crippen LogP contribution in [0.2, 0.25) is 10.0 Å². The van der Waals surface area contributed by atoms with Gasteiger partial charge in [-0.25, -0.2) is 9.97 Å². The molecule has 0 saturated carbocycles. The highest BCUT2D eigenvalue weighted by Gasteiger charge is 2.13. The van der Waals surface area contributed by atoms with Gasteiger partial charge in [0.05, 0.1) is 16.9 Å². The molecule has 0 fully saturated rings. The smallest absolute Gasteiger partial charge is 0.238 e. The Labute approximate surface area is 195 Å². The maximum absolute atomic E-state index is 12.5. The summed E-state index contributed by atoms with van der Waals surface area (Å²) in [7, 11) is 0. The summed E-state index contributed by atoms with van der Waals surface area (Å²) in [6.45, 7) is 2.03. The van der Waals surface area contributed by atoms with E-state index in [0.29, 0.717) is 34.5 Å².